The van der Waals surface area contributed by atoms with Crippen LogP contribution >= 0.6 is 12.4 Å². The van der Waals surface area contributed by atoms with Crippen molar-refractivity contribution in [2.24, 2.45) is 0 Å². The number of hydrogen-bond donors (Lipinski definition) is 1. The molecule has 0 aromatic rings. The number of carbonyl (C=O) groups is 3. The molecule has 1 atom stereocenters. The molecule has 3 amide bonds. The zero-order chi connectivity index (χ0) is 15.4. The zero-order valence-corrected chi connectivity index (χ0v) is 14.0. The van der Waals surface area contributed by atoms with Crippen molar-refractivity contribution in [3.8, 4) is 0 Å². The summed E-state index contributed by atoms with van der Waals surface area (Å²) < 4.78 is 0. The molecule has 0 aliphatic carbocycles. The van der Waals surface area contributed by atoms with Crippen molar-refractivity contribution >= 4 is 30.1 Å². The Labute approximate surface area is 137 Å². The van der Waals surface area contributed by atoms with E-state index in [1.165, 1.54) is 9.80 Å². The van der Waals surface area contributed by atoms with E-state index in [4.69, 9.17) is 0 Å². The molecule has 0 aromatic carbocycles. The molecule has 0 radical (unpaired) electrons. The molecular weight excluding hydrogens is 308 g/mol. The van der Waals surface area contributed by atoms with E-state index in [0.717, 1.165) is 19.4 Å². The molecule has 2 aliphatic rings. The molecule has 0 bridgehead atoms. The third-order valence-electron chi connectivity index (χ3n) is 4.29. The molecule has 2 saturated heterocycles. The first-order valence-electron chi connectivity index (χ1n) is 7.60. The standard InChI is InChI=1S/C14H24N4O3.ClH/c1-3-16-7-8-18(14(21)13(16)20)10-12(19)17-6-4-5-11(9-17)15-2;/h11,15H,3-10H2,1-2H3;1H. The van der Waals surface area contributed by atoms with Crippen molar-refractivity contribution in [3.05, 3.63) is 0 Å². The molecule has 0 spiro atoms. The third-order valence-corrected chi connectivity index (χ3v) is 4.29. The Morgan fingerprint density at radius 1 is 1.18 bits per heavy atom. The van der Waals surface area contributed by atoms with Crippen molar-refractivity contribution in [2.45, 2.75) is 25.8 Å². The molecule has 0 aromatic heterocycles. The predicted molar refractivity (Wildman–Crippen MR) is 84.7 cm³/mol. The van der Waals surface area contributed by atoms with Crippen LogP contribution in [0.25, 0.3) is 0 Å². The molecule has 126 valence electrons. The predicted octanol–water partition coefficient (Wildman–Crippen LogP) is -0.691. The van der Waals surface area contributed by atoms with Crippen LogP contribution in [0.2, 0.25) is 0 Å². The van der Waals surface area contributed by atoms with Crippen LogP contribution in [0.1, 0.15) is 19.8 Å². The van der Waals surface area contributed by atoms with Crippen molar-refractivity contribution in [3.63, 3.8) is 0 Å². The van der Waals surface area contributed by atoms with Gasteiger partial charge in [0.1, 0.15) is 6.54 Å². The fourth-order valence-corrected chi connectivity index (χ4v) is 2.87. The van der Waals surface area contributed by atoms with E-state index in [2.05, 4.69) is 5.32 Å². The maximum absolute atomic E-state index is 12.3. The fraction of sp³-hybridized carbons (Fsp3) is 0.786. The molecule has 2 fully saturated rings. The van der Waals surface area contributed by atoms with Gasteiger partial charge in [-0.3, -0.25) is 14.4 Å². The van der Waals surface area contributed by atoms with E-state index >= 15 is 0 Å². The van der Waals surface area contributed by atoms with Gasteiger partial charge in [-0.25, -0.2) is 0 Å². The largest absolute Gasteiger partial charge is 0.340 e. The summed E-state index contributed by atoms with van der Waals surface area (Å²) in [6.45, 7) is 4.74. The van der Waals surface area contributed by atoms with Gasteiger partial charge in [-0.1, -0.05) is 0 Å². The summed E-state index contributed by atoms with van der Waals surface area (Å²) in [6.07, 6.45) is 2.03. The van der Waals surface area contributed by atoms with Gasteiger partial charge in [-0.05, 0) is 26.8 Å². The van der Waals surface area contributed by atoms with E-state index in [0.29, 0.717) is 32.2 Å². The second kappa shape index (κ2) is 8.33. The molecule has 0 saturated carbocycles. The molecule has 1 unspecified atom stereocenters. The SMILES string of the molecule is CCN1CCN(CC(=O)N2CCCC(NC)C2)C(=O)C1=O.Cl. The van der Waals surface area contributed by atoms with Gasteiger partial charge in [0.2, 0.25) is 5.91 Å². The van der Waals surface area contributed by atoms with E-state index < -0.39 is 11.8 Å². The number of halogens is 1. The van der Waals surface area contributed by atoms with Gasteiger partial charge in [0.15, 0.2) is 0 Å². The number of likely N-dealkylation sites (tertiary alicyclic amines) is 1. The van der Waals surface area contributed by atoms with Gasteiger partial charge < -0.3 is 20.0 Å². The Balaban J connectivity index is 0.00000242. The van der Waals surface area contributed by atoms with E-state index in [9.17, 15) is 14.4 Å². The number of carbonyl (C=O) groups excluding carboxylic acids is 3. The Morgan fingerprint density at radius 2 is 1.82 bits per heavy atom. The van der Waals surface area contributed by atoms with Crippen LogP contribution < -0.4 is 5.32 Å². The second-order valence-corrected chi connectivity index (χ2v) is 5.58. The number of likely N-dealkylation sites (N-methyl/N-ethyl adjacent to an activating group) is 2. The molecule has 1 N–H and O–H groups in total. The monoisotopic (exact) mass is 332 g/mol. The molecule has 7 nitrogen and oxygen atoms in total. The first kappa shape index (κ1) is 18.7. The summed E-state index contributed by atoms with van der Waals surface area (Å²) in [7, 11) is 1.89. The van der Waals surface area contributed by atoms with Gasteiger partial charge in [-0.2, -0.15) is 0 Å². The number of hydrogen-bond acceptors (Lipinski definition) is 4. The number of nitrogens with zero attached hydrogens (tertiary/aromatic N) is 3. The second-order valence-electron chi connectivity index (χ2n) is 5.58. The summed E-state index contributed by atoms with van der Waals surface area (Å²) in [5, 5.41) is 3.19. The van der Waals surface area contributed by atoms with Gasteiger partial charge in [-0.15, -0.1) is 12.4 Å². The van der Waals surface area contributed by atoms with E-state index in [1.807, 2.05) is 14.0 Å². The van der Waals surface area contributed by atoms with Gasteiger partial charge in [0, 0.05) is 38.8 Å². The van der Waals surface area contributed by atoms with Crippen LogP contribution in [0.3, 0.4) is 0 Å². The van der Waals surface area contributed by atoms with Crippen LogP contribution in [-0.4, -0.2) is 84.8 Å². The van der Waals surface area contributed by atoms with Crippen LogP contribution in [-0.2, 0) is 14.4 Å². The summed E-state index contributed by atoms with van der Waals surface area (Å²) in [4.78, 5) is 40.8. The van der Waals surface area contributed by atoms with E-state index in [-0.39, 0.29) is 24.9 Å². The topological polar surface area (TPSA) is 73.0 Å². The number of piperidine rings is 1. The minimum atomic E-state index is -0.557. The van der Waals surface area contributed by atoms with Gasteiger partial charge >= 0.3 is 11.8 Å². The van der Waals surface area contributed by atoms with Crippen molar-refractivity contribution in [1.29, 1.82) is 0 Å². The quantitative estimate of drug-likeness (QED) is 0.692. The Hall–Kier alpha value is -1.34. The first-order valence-corrected chi connectivity index (χ1v) is 7.60. The summed E-state index contributed by atoms with van der Waals surface area (Å²) in [6, 6.07) is 0.317. The van der Waals surface area contributed by atoms with Crippen LogP contribution in [0.4, 0.5) is 0 Å². The smallest absolute Gasteiger partial charge is 0.312 e. The highest BCUT2D eigenvalue weighted by molar-refractivity contribution is 6.35. The number of rotatable bonds is 4. The Bertz CT molecular complexity index is 432. The minimum Gasteiger partial charge on any atom is -0.340 e. The zero-order valence-electron chi connectivity index (χ0n) is 13.2. The number of nitrogens with one attached hydrogen (secondary N) is 1. The van der Waals surface area contributed by atoms with Gasteiger partial charge in [0.25, 0.3) is 0 Å². The highest BCUT2D eigenvalue weighted by atomic mass is 35.5. The van der Waals surface area contributed by atoms with Crippen molar-refractivity contribution in [1.82, 2.24) is 20.0 Å². The first-order chi connectivity index (χ1) is 10.1. The lowest BCUT2D eigenvalue weighted by Gasteiger charge is -2.36. The lowest BCUT2D eigenvalue weighted by Crippen LogP contribution is -2.57. The van der Waals surface area contributed by atoms with Gasteiger partial charge in [0.05, 0.1) is 0 Å². The summed E-state index contributed by atoms with van der Waals surface area (Å²) >= 11 is 0. The fourth-order valence-electron chi connectivity index (χ4n) is 2.87. The molecule has 2 aliphatic heterocycles. The normalized spacial score (nSPS) is 22.6. The average Bonchev–Trinajstić information content (AvgIpc) is 2.52. The number of amides is 3. The Morgan fingerprint density at radius 3 is 2.45 bits per heavy atom. The highest BCUT2D eigenvalue weighted by Crippen LogP contribution is 2.11. The van der Waals surface area contributed by atoms with Crippen molar-refractivity contribution < 1.29 is 14.4 Å². The summed E-state index contributed by atoms with van der Waals surface area (Å²) in [5.74, 6) is -1.12. The molecule has 8 heteroatoms. The summed E-state index contributed by atoms with van der Waals surface area (Å²) in [5.41, 5.74) is 0. The lowest BCUT2D eigenvalue weighted by molar-refractivity contribution is -0.157. The van der Waals surface area contributed by atoms with Crippen LogP contribution in [0.5, 0.6) is 0 Å². The van der Waals surface area contributed by atoms with Crippen LogP contribution in [0, 0.1) is 0 Å². The maximum Gasteiger partial charge on any atom is 0.312 e. The van der Waals surface area contributed by atoms with E-state index in [1.54, 1.807) is 4.90 Å². The highest BCUT2D eigenvalue weighted by Gasteiger charge is 2.34. The Kier molecular flexibility index (Phi) is 7.09. The third kappa shape index (κ3) is 4.10. The number of piperazine rings is 1. The lowest BCUT2D eigenvalue weighted by atomic mass is 10.1. The molecular formula is C14H25ClN4O3. The minimum absolute atomic E-state index is 0. The van der Waals surface area contributed by atoms with Crippen LogP contribution in [0.15, 0.2) is 0 Å². The average molecular weight is 333 g/mol. The molecule has 2 rings (SSSR count). The molecule has 22 heavy (non-hydrogen) atoms. The maximum atomic E-state index is 12.3. The van der Waals surface area contributed by atoms with Crippen molar-refractivity contribution in [2.75, 3.05) is 46.3 Å². The molecule has 2 heterocycles.